The highest BCUT2D eigenvalue weighted by atomic mass is 16.5. The Morgan fingerprint density at radius 3 is 2.23 bits per heavy atom. The molecule has 2 aromatic rings. The first kappa shape index (κ1) is 16.2. The summed E-state index contributed by atoms with van der Waals surface area (Å²) in [5.74, 6) is 1.79. The second kappa shape index (κ2) is 8.32. The molecule has 0 saturated carbocycles. The molecule has 0 aromatic heterocycles. The smallest absolute Gasteiger partial charge is 0.142 e. The van der Waals surface area contributed by atoms with Crippen LogP contribution in [-0.4, -0.2) is 19.8 Å². The summed E-state index contributed by atoms with van der Waals surface area (Å²) in [6.07, 6.45) is 0. The molecule has 0 spiro atoms. The second-order valence-corrected chi connectivity index (χ2v) is 5.00. The molecule has 0 aliphatic rings. The Morgan fingerprint density at radius 1 is 0.864 bits per heavy atom. The fraction of sp³-hybridized carbons (Fsp3) is 0.368. The average Bonchev–Trinajstić information content (AvgIpc) is 2.55. The van der Waals surface area contributed by atoms with E-state index >= 15 is 0 Å². The highest BCUT2D eigenvalue weighted by molar-refractivity contribution is 5.62. The summed E-state index contributed by atoms with van der Waals surface area (Å²) in [6, 6.07) is 16.5. The minimum absolute atomic E-state index is 0.657. The maximum atomic E-state index is 5.79. The van der Waals surface area contributed by atoms with Gasteiger partial charge in [-0.15, -0.1) is 0 Å². The molecule has 0 aliphatic heterocycles. The largest absolute Gasteiger partial charge is 0.494 e. The molecule has 3 heteroatoms. The van der Waals surface area contributed by atoms with E-state index in [9.17, 15) is 0 Å². The molecule has 0 N–H and O–H groups in total. The van der Waals surface area contributed by atoms with Gasteiger partial charge in [0.05, 0.1) is 18.9 Å². The summed E-state index contributed by atoms with van der Waals surface area (Å²) in [4.78, 5) is 2.31. The van der Waals surface area contributed by atoms with Crippen LogP contribution in [0.5, 0.6) is 11.5 Å². The third kappa shape index (κ3) is 4.17. The van der Waals surface area contributed by atoms with Gasteiger partial charge in [0.25, 0.3) is 0 Å². The molecule has 0 unspecified atom stereocenters. The third-order valence-electron chi connectivity index (χ3n) is 3.48. The van der Waals surface area contributed by atoms with E-state index in [1.54, 1.807) is 0 Å². The molecule has 0 aliphatic carbocycles. The van der Waals surface area contributed by atoms with Crippen molar-refractivity contribution < 1.29 is 9.47 Å². The molecule has 0 heterocycles. The van der Waals surface area contributed by atoms with Crippen LogP contribution in [0.3, 0.4) is 0 Å². The van der Waals surface area contributed by atoms with Gasteiger partial charge in [-0.3, -0.25) is 0 Å². The van der Waals surface area contributed by atoms with Crippen LogP contribution in [0, 0.1) is 0 Å². The molecule has 0 amide bonds. The van der Waals surface area contributed by atoms with Crippen molar-refractivity contribution in [2.75, 3.05) is 24.7 Å². The lowest BCUT2D eigenvalue weighted by Gasteiger charge is -2.26. The molecule has 0 saturated heterocycles. The van der Waals surface area contributed by atoms with Crippen molar-refractivity contribution in [3.8, 4) is 11.5 Å². The van der Waals surface area contributed by atoms with Crippen LogP contribution >= 0.6 is 0 Å². The monoisotopic (exact) mass is 299 g/mol. The molecule has 22 heavy (non-hydrogen) atoms. The van der Waals surface area contributed by atoms with Gasteiger partial charge in [0.2, 0.25) is 0 Å². The molecule has 0 bridgehead atoms. The zero-order chi connectivity index (χ0) is 15.8. The van der Waals surface area contributed by atoms with Crippen LogP contribution in [0.1, 0.15) is 26.3 Å². The lowest BCUT2D eigenvalue weighted by Crippen LogP contribution is -2.22. The first-order chi connectivity index (χ1) is 10.8. The van der Waals surface area contributed by atoms with Gasteiger partial charge in [-0.2, -0.15) is 0 Å². The van der Waals surface area contributed by atoms with Crippen molar-refractivity contribution >= 4 is 5.69 Å². The Hall–Kier alpha value is -2.16. The Labute approximate surface area is 133 Å². The van der Waals surface area contributed by atoms with Crippen molar-refractivity contribution in [1.82, 2.24) is 0 Å². The van der Waals surface area contributed by atoms with Gasteiger partial charge in [0, 0.05) is 19.2 Å². The summed E-state index contributed by atoms with van der Waals surface area (Å²) >= 11 is 0. The van der Waals surface area contributed by atoms with E-state index in [4.69, 9.17) is 9.47 Å². The summed E-state index contributed by atoms with van der Waals surface area (Å²) in [6.45, 7) is 9.25. The number of rotatable bonds is 8. The predicted molar refractivity (Wildman–Crippen MR) is 91.9 cm³/mol. The fourth-order valence-electron chi connectivity index (χ4n) is 2.45. The van der Waals surface area contributed by atoms with Crippen molar-refractivity contribution in [2.24, 2.45) is 0 Å². The molecule has 0 fully saturated rings. The first-order valence-electron chi connectivity index (χ1n) is 7.97. The van der Waals surface area contributed by atoms with Crippen LogP contribution in [0.4, 0.5) is 5.69 Å². The van der Waals surface area contributed by atoms with E-state index in [1.165, 1.54) is 5.56 Å². The number of hydrogen-bond acceptors (Lipinski definition) is 3. The topological polar surface area (TPSA) is 21.7 Å². The van der Waals surface area contributed by atoms with E-state index in [2.05, 4.69) is 42.2 Å². The summed E-state index contributed by atoms with van der Waals surface area (Å²) in [5.41, 5.74) is 2.37. The summed E-state index contributed by atoms with van der Waals surface area (Å²) in [5, 5.41) is 0. The first-order valence-corrected chi connectivity index (χ1v) is 7.97. The molecule has 118 valence electrons. The average molecular weight is 299 g/mol. The SMILES string of the molecule is CCOc1ccc(OCC)c(N(CC)Cc2ccccc2)c1. The number of benzene rings is 2. The Balaban J connectivity index is 2.30. The van der Waals surface area contributed by atoms with Gasteiger partial charge in [-0.05, 0) is 38.5 Å². The van der Waals surface area contributed by atoms with Crippen LogP contribution in [0.25, 0.3) is 0 Å². The van der Waals surface area contributed by atoms with Crippen molar-refractivity contribution in [1.29, 1.82) is 0 Å². The Kier molecular flexibility index (Phi) is 6.13. The number of anilines is 1. The highest BCUT2D eigenvalue weighted by Gasteiger charge is 2.13. The Bertz CT molecular complexity index is 569. The molecule has 0 atom stereocenters. The summed E-state index contributed by atoms with van der Waals surface area (Å²) in [7, 11) is 0. The molecule has 3 nitrogen and oxygen atoms in total. The molecular formula is C19H25NO2. The van der Waals surface area contributed by atoms with E-state index in [1.807, 2.05) is 32.0 Å². The fourth-order valence-corrected chi connectivity index (χ4v) is 2.45. The van der Waals surface area contributed by atoms with Gasteiger partial charge in [-0.1, -0.05) is 30.3 Å². The number of ether oxygens (including phenoxy) is 2. The van der Waals surface area contributed by atoms with E-state index in [0.717, 1.165) is 30.3 Å². The van der Waals surface area contributed by atoms with Crippen LogP contribution in [0.2, 0.25) is 0 Å². The Morgan fingerprint density at radius 2 is 1.59 bits per heavy atom. The number of hydrogen-bond donors (Lipinski definition) is 0. The van der Waals surface area contributed by atoms with Gasteiger partial charge in [-0.25, -0.2) is 0 Å². The predicted octanol–water partition coefficient (Wildman–Crippen LogP) is 4.51. The van der Waals surface area contributed by atoms with E-state index < -0.39 is 0 Å². The standard InChI is InChI=1S/C19H25NO2/c1-4-20(15-16-10-8-7-9-11-16)18-14-17(21-5-2)12-13-19(18)22-6-3/h7-14H,4-6,15H2,1-3H3. The zero-order valence-electron chi connectivity index (χ0n) is 13.7. The van der Waals surface area contributed by atoms with Crippen LogP contribution in [-0.2, 0) is 6.54 Å². The van der Waals surface area contributed by atoms with Gasteiger partial charge >= 0.3 is 0 Å². The van der Waals surface area contributed by atoms with Gasteiger partial charge in [0.1, 0.15) is 11.5 Å². The van der Waals surface area contributed by atoms with Gasteiger partial charge < -0.3 is 14.4 Å². The molecule has 2 aromatic carbocycles. The lowest BCUT2D eigenvalue weighted by atomic mass is 10.2. The van der Waals surface area contributed by atoms with Crippen LogP contribution in [0.15, 0.2) is 48.5 Å². The maximum absolute atomic E-state index is 5.79. The third-order valence-corrected chi connectivity index (χ3v) is 3.48. The quantitative estimate of drug-likeness (QED) is 0.716. The van der Waals surface area contributed by atoms with E-state index in [-0.39, 0.29) is 0 Å². The summed E-state index contributed by atoms with van der Waals surface area (Å²) < 4.78 is 11.4. The van der Waals surface area contributed by atoms with Crippen molar-refractivity contribution in [2.45, 2.75) is 27.3 Å². The maximum Gasteiger partial charge on any atom is 0.142 e. The second-order valence-electron chi connectivity index (χ2n) is 5.00. The zero-order valence-corrected chi connectivity index (χ0v) is 13.7. The normalized spacial score (nSPS) is 10.3. The highest BCUT2D eigenvalue weighted by Crippen LogP contribution is 2.33. The molecular weight excluding hydrogens is 274 g/mol. The molecule has 0 radical (unpaired) electrons. The lowest BCUT2D eigenvalue weighted by molar-refractivity contribution is 0.330. The molecule has 2 rings (SSSR count). The minimum atomic E-state index is 0.657. The number of nitrogens with zero attached hydrogens (tertiary/aromatic N) is 1. The van der Waals surface area contributed by atoms with Crippen LogP contribution < -0.4 is 14.4 Å². The van der Waals surface area contributed by atoms with E-state index in [0.29, 0.717) is 13.2 Å². The minimum Gasteiger partial charge on any atom is -0.494 e. The van der Waals surface area contributed by atoms with Crippen molar-refractivity contribution in [3.05, 3.63) is 54.1 Å². The van der Waals surface area contributed by atoms with Crippen molar-refractivity contribution in [3.63, 3.8) is 0 Å². The van der Waals surface area contributed by atoms with Gasteiger partial charge in [0.15, 0.2) is 0 Å².